The number of nitrogens with one attached hydrogen (secondary N) is 2. The molecule has 1 heterocycles. The van der Waals surface area contributed by atoms with Crippen LogP contribution in [0.2, 0.25) is 10.0 Å². The smallest absolute Gasteiger partial charge is 0.260 e. The van der Waals surface area contributed by atoms with Crippen LogP contribution in [-0.4, -0.2) is 10.9 Å². The molecule has 0 bridgehead atoms. The Bertz CT molecular complexity index is 941. The summed E-state index contributed by atoms with van der Waals surface area (Å²) in [4.78, 5) is 16.5. The molecule has 7 heteroatoms. The molecule has 1 aromatic heterocycles. The maximum Gasteiger partial charge on any atom is 0.260 e. The molecule has 132 valence electrons. The largest absolute Gasteiger partial charge is 0.340 e. The zero-order chi connectivity index (χ0) is 18.7. The van der Waals surface area contributed by atoms with Crippen LogP contribution >= 0.6 is 23.2 Å². The number of carbonyl (C=O) groups excluding carboxylic acids is 1. The third-order valence-corrected chi connectivity index (χ3v) is 4.21. The van der Waals surface area contributed by atoms with Crippen molar-refractivity contribution in [3.05, 3.63) is 81.7 Å². The molecule has 26 heavy (non-hydrogen) atoms. The van der Waals surface area contributed by atoms with Crippen LogP contribution in [0.3, 0.4) is 0 Å². The highest BCUT2D eigenvalue weighted by atomic mass is 35.5. The second kappa shape index (κ2) is 7.72. The number of carbonyl (C=O) groups is 1. The van der Waals surface area contributed by atoms with Crippen LogP contribution in [-0.2, 0) is 0 Å². The van der Waals surface area contributed by atoms with Gasteiger partial charge in [0.1, 0.15) is 11.6 Å². The molecule has 0 unspecified atom stereocenters. The third kappa shape index (κ3) is 4.12. The molecule has 0 aliphatic heterocycles. The fraction of sp³-hybridized carbons (Fsp3) is 0.0526. The van der Waals surface area contributed by atoms with Gasteiger partial charge in [-0.3, -0.25) is 4.79 Å². The SMILES string of the molecule is Cc1cc(Cl)ccc1Nc1ccc(NC(=O)c2c(F)cccc2Cl)cn1. The van der Waals surface area contributed by atoms with Gasteiger partial charge in [-0.25, -0.2) is 9.37 Å². The molecule has 4 nitrogen and oxygen atoms in total. The van der Waals surface area contributed by atoms with Crippen molar-refractivity contribution in [3.63, 3.8) is 0 Å². The van der Waals surface area contributed by atoms with E-state index in [-0.39, 0.29) is 10.6 Å². The quantitative estimate of drug-likeness (QED) is 0.589. The zero-order valence-corrected chi connectivity index (χ0v) is 15.2. The Morgan fingerprint density at radius 2 is 1.92 bits per heavy atom. The number of aromatic nitrogens is 1. The molecular formula is C19H14Cl2FN3O. The van der Waals surface area contributed by atoms with Gasteiger partial charge in [-0.1, -0.05) is 29.3 Å². The van der Waals surface area contributed by atoms with E-state index in [4.69, 9.17) is 23.2 Å². The first-order valence-corrected chi connectivity index (χ1v) is 8.44. The number of hydrogen-bond acceptors (Lipinski definition) is 3. The highest BCUT2D eigenvalue weighted by molar-refractivity contribution is 6.34. The van der Waals surface area contributed by atoms with E-state index in [1.54, 1.807) is 18.2 Å². The fourth-order valence-corrected chi connectivity index (χ4v) is 2.83. The van der Waals surface area contributed by atoms with Crippen LogP contribution in [0.1, 0.15) is 15.9 Å². The Morgan fingerprint density at radius 3 is 2.58 bits per heavy atom. The highest BCUT2D eigenvalue weighted by Gasteiger charge is 2.16. The number of rotatable bonds is 4. The maximum absolute atomic E-state index is 13.8. The van der Waals surface area contributed by atoms with E-state index >= 15 is 0 Å². The summed E-state index contributed by atoms with van der Waals surface area (Å²) in [5.74, 6) is -0.721. The Hall–Kier alpha value is -2.63. The van der Waals surface area contributed by atoms with Gasteiger partial charge in [0.05, 0.1) is 22.5 Å². The molecule has 1 amide bonds. The highest BCUT2D eigenvalue weighted by Crippen LogP contribution is 2.24. The van der Waals surface area contributed by atoms with E-state index in [9.17, 15) is 9.18 Å². The van der Waals surface area contributed by atoms with Crippen molar-refractivity contribution in [2.75, 3.05) is 10.6 Å². The van der Waals surface area contributed by atoms with Crippen molar-refractivity contribution < 1.29 is 9.18 Å². The molecule has 0 aliphatic rings. The number of aryl methyl sites for hydroxylation is 1. The van der Waals surface area contributed by atoms with Crippen molar-refractivity contribution in [2.24, 2.45) is 0 Å². The Balaban J connectivity index is 1.72. The lowest BCUT2D eigenvalue weighted by atomic mass is 10.2. The number of anilines is 3. The van der Waals surface area contributed by atoms with Crippen molar-refractivity contribution in [1.82, 2.24) is 4.98 Å². The predicted molar refractivity (Wildman–Crippen MR) is 103 cm³/mol. The first-order chi connectivity index (χ1) is 12.4. The van der Waals surface area contributed by atoms with Gasteiger partial charge in [-0.2, -0.15) is 0 Å². The lowest BCUT2D eigenvalue weighted by molar-refractivity contribution is 0.102. The summed E-state index contributed by atoms with van der Waals surface area (Å²) in [5, 5.41) is 6.45. The lowest BCUT2D eigenvalue weighted by Gasteiger charge is -2.11. The van der Waals surface area contributed by atoms with E-state index < -0.39 is 11.7 Å². The lowest BCUT2D eigenvalue weighted by Crippen LogP contribution is -2.14. The molecule has 0 atom stereocenters. The molecule has 0 fully saturated rings. The Kier molecular flexibility index (Phi) is 5.40. The molecule has 2 aromatic carbocycles. The summed E-state index contributed by atoms with van der Waals surface area (Å²) in [5.41, 5.74) is 2.07. The summed E-state index contributed by atoms with van der Waals surface area (Å²) in [6.07, 6.45) is 1.47. The topological polar surface area (TPSA) is 54.0 Å². The monoisotopic (exact) mass is 389 g/mol. The van der Waals surface area contributed by atoms with Crippen molar-refractivity contribution in [1.29, 1.82) is 0 Å². The Labute approximate surface area is 160 Å². The Morgan fingerprint density at radius 1 is 1.12 bits per heavy atom. The van der Waals surface area contributed by atoms with Crippen LogP contribution in [0.4, 0.5) is 21.6 Å². The minimum Gasteiger partial charge on any atom is -0.340 e. The number of benzene rings is 2. The first kappa shape index (κ1) is 18.2. The average Bonchev–Trinajstić information content (AvgIpc) is 2.59. The molecule has 0 radical (unpaired) electrons. The van der Waals surface area contributed by atoms with E-state index in [1.165, 1.54) is 24.4 Å². The standard InChI is InChI=1S/C19H14Cl2FN3O/c1-11-9-12(20)5-7-16(11)25-17-8-6-13(10-23-17)24-19(26)18-14(21)3-2-4-15(18)22/h2-10H,1H3,(H,23,25)(H,24,26). The summed E-state index contributed by atoms with van der Waals surface area (Å²) in [6, 6.07) is 12.9. The molecule has 3 aromatic rings. The predicted octanol–water partition coefficient (Wildman–Crippen LogP) is 5.83. The van der Waals surface area contributed by atoms with Gasteiger partial charge in [0.15, 0.2) is 0 Å². The van der Waals surface area contributed by atoms with E-state index in [1.807, 2.05) is 19.1 Å². The van der Waals surface area contributed by atoms with Gasteiger partial charge in [0.2, 0.25) is 0 Å². The van der Waals surface area contributed by atoms with Gasteiger partial charge in [0, 0.05) is 10.7 Å². The first-order valence-electron chi connectivity index (χ1n) is 7.68. The van der Waals surface area contributed by atoms with Gasteiger partial charge in [-0.05, 0) is 55.0 Å². The summed E-state index contributed by atoms with van der Waals surface area (Å²) in [6.45, 7) is 1.93. The summed E-state index contributed by atoms with van der Waals surface area (Å²) >= 11 is 11.8. The number of hydrogen-bond donors (Lipinski definition) is 2. The van der Waals surface area contributed by atoms with Crippen LogP contribution in [0.5, 0.6) is 0 Å². The minimum atomic E-state index is -0.681. The van der Waals surface area contributed by atoms with Gasteiger partial charge < -0.3 is 10.6 Å². The van der Waals surface area contributed by atoms with Crippen LogP contribution in [0, 0.1) is 12.7 Å². The maximum atomic E-state index is 13.8. The normalized spacial score (nSPS) is 10.5. The van der Waals surface area contributed by atoms with Gasteiger partial charge >= 0.3 is 0 Å². The minimum absolute atomic E-state index is 0.0481. The van der Waals surface area contributed by atoms with Gasteiger partial charge in [0.25, 0.3) is 5.91 Å². The zero-order valence-electron chi connectivity index (χ0n) is 13.7. The van der Waals surface area contributed by atoms with E-state index in [0.717, 1.165) is 11.3 Å². The summed E-state index contributed by atoms with van der Waals surface area (Å²) < 4.78 is 13.8. The molecule has 0 spiro atoms. The van der Waals surface area contributed by atoms with Crippen LogP contribution in [0.25, 0.3) is 0 Å². The van der Waals surface area contributed by atoms with Crippen molar-refractivity contribution in [3.8, 4) is 0 Å². The van der Waals surface area contributed by atoms with Gasteiger partial charge in [-0.15, -0.1) is 0 Å². The molecule has 0 saturated carbocycles. The molecule has 0 aliphatic carbocycles. The van der Waals surface area contributed by atoms with E-state index in [2.05, 4.69) is 15.6 Å². The number of amides is 1. The summed E-state index contributed by atoms with van der Waals surface area (Å²) in [7, 11) is 0. The van der Waals surface area contributed by atoms with Crippen LogP contribution in [0.15, 0.2) is 54.7 Å². The van der Waals surface area contributed by atoms with Crippen molar-refractivity contribution >= 4 is 46.3 Å². The molecule has 2 N–H and O–H groups in total. The average molecular weight is 390 g/mol. The number of pyridine rings is 1. The molecule has 0 saturated heterocycles. The number of halogens is 3. The number of nitrogens with zero attached hydrogens (tertiary/aromatic N) is 1. The third-order valence-electron chi connectivity index (χ3n) is 3.66. The molecule has 3 rings (SSSR count). The fourth-order valence-electron chi connectivity index (χ4n) is 2.36. The van der Waals surface area contributed by atoms with E-state index in [0.29, 0.717) is 16.5 Å². The molecular weight excluding hydrogens is 376 g/mol. The second-order valence-corrected chi connectivity index (χ2v) is 6.41. The van der Waals surface area contributed by atoms with Crippen molar-refractivity contribution in [2.45, 2.75) is 6.92 Å². The van der Waals surface area contributed by atoms with Crippen LogP contribution < -0.4 is 10.6 Å². The second-order valence-electron chi connectivity index (χ2n) is 5.57.